The Labute approximate surface area is 170 Å². The van der Waals surface area contributed by atoms with Crippen LogP contribution >= 0.6 is 0 Å². The van der Waals surface area contributed by atoms with E-state index in [1.807, 2.05) is 12.1 Å². The summed E-state index contributed by atoms with van der Waals surface area (Å²) in [5.41, 5.74) is 1.83. The van der Waals surface area contributed by atoms with Gasteiger partial charge >= 0.3 is 0 Å². The van der Waals surface area contributed by atoms with Crippen LogP contribution in [0.3, 0.4) is 0 Å². The Morgan fingerprint density at radius 1 is 0.607 bits per heavy atom. The van der Waals surface area contributed by atoms with Crippen molar-refractivity contribution in [3.05, 3.63) is 35.4 Å². The van der Waals surface area contributed by atoms with Gasteiger partial charge < -0.3 is 20.8 Å². The van der Waals surface area contributed by atoms with Crippen molar-refractivity contribution in [3.63, 3.8) is 0 Å². The lowest BCUT2D eigenvalue weighted by Crippen LogP contribution is -2.16. The van der Waals surface area contributed by atoms with Gasteiger partial charge in [0.1, 0.15) is 11.5 Å². The molecule has 0 atom stereocenters. The summed E-state index contributed by atoms with van der Waals surface area (Å²) < 4.78 is 0. The topological polar surface area (TPSA) is 64.5 Å². The number of phenols is 2. The number of hydrogen-bond donors (Lipinski definition) is 4. The molecule has 0 aliphatic rings. The standard InChI is InChI=1S/C24H38N2O2/c1-3-5-7-9-15-25-17-21-19-11-14-24(28)22(20(19)12-13-23(21)27)18-26-16-10-8-6-4-2/h11-14,25-28H,3-10,15-18H2,1-2H3. The molecule has 156 valence electrons. The Kier molecular flexibility index (Phi) is 10.2. The summed E-state index contributed by atoms with van der Waals surface area (Å²) in [7, 11) is 0. The van der Waals surface area contributed by atoms with E-state index in [1.165, 1.54) is 38.5 Å². The van der Waals surface area contributed by atoms with Crippen LogP contribution in [0.5, 0.6) is 11.5 Å². The van der Waals surface area contributed by atoms with Gasteiger partial charge in [0.05, 0.1) is 0 Å². The van der Waals surface area contributed by atoms with E-state index in [0.717, 1.165) is 47.8 Å². The molecule has 4 nitrogen and oxygen atoms in total. The van der Waals surface area contributed by atoms with Crippen molar-refractivity contribution < 1.29 is 10.2 Å². The summed E-state index contributed by atoms with van der Waals surface area (Å²) >= 11 is 0. The lowest BCUT2D eigenvalue weighted by molar-refractivity contribution is 0.462. The van der Waals surface area contributed by atoms with Crippen molar-refractivity contribution in [3.8, 4) is 11.5 Å². The fourth-order valence-electron chi connectivity index (χ4n) is 3.66. The molecule has 0 radical (unpaired) electrons. The Balaban J connectivity index is 2.04. The predicted octanol–water partition coefficient (Wildman–Crippen LogP) is 5.59. The Hall–Kier alpha value is -1.78. The number of fused-ring (bicyclic) bond motifs is 1. The van der Waals surface area contributed by atoms with E-state index < -0.39 is 0 Å². The summed E-state index contributed by atoms with van der Waals surface area (Å²) in [5, 5.41) is 29.7. The minimum Gasteiger partial charge on any atom is -0.508 e. The molecular formula is C24H38N2O2. The number of phenolic OH excluding ortho intramolecular Hbond substituents is 2. The van der Waals surface area contributed by atoms with Crippen LogP contribution in [0, 0.1) is 0 Å². The van der Waals surface area contributed by atoms with Crippen LogP contribution in [-0.4, -0.2) is 23.3 Å². The highest BCUT2D eigenvalue weighted by atomic mass is 16.3. The lowest BCUT2D eigenvalue weighted by Gasteiger charge is -2.15. The second-order valence-corrected chi connectivity index (χ2v) is 7.70. The van der Waals surface area contributed by atoms with Gasteiger partial charge in [-0.25, -0.2) is 0 Å². The molecule has 0 heterocycles. The first-order chi connectivity index (χ1) is 13.7. The first-order valence-electron chi connectivity index (χ1n) is 11.1. The zero-order chi connectivity index (χ0) is 20.2. The van der Waals surface area contributed by atoms with E-state index in [4.69, 9.17) is 0 Å². The molecule has 0 saturated heterocycles. The highest BCUT2D eigenvalue weighted by Crippen LogP contribution is 2.33. The molecule has 0 spiro atoms. The highest BCUT2D eigenvalue weighted by molar-refractivity contribution is 5.92. The molecule has 0 fully saturated rings. The molecule has 2 aromatic rings. The van der Waals surface area contributed by atoms with Crippen molar-refractivity contribution in [2.45, 2.75) is 78.3 Å². The monoisotopic (exact) mass is 386 g/mol. The number of benzene rings is 2. The predicted molar refractivity (Wildman–Crippen MR) is 119 cm³/mol. The quantitative estimate of drug-likeness (QED) is 0.320. The molecule has 0 unspecified atom stereocenters. The molecule has 0 bridgehead atoms. The molecule has 0 amide bonds. The van der Waals surface area contributed by atoms with Crippen LogP contribution in [0.2, 0.25) is 0 Å². The van der Waals surface area contributed by atoms with Crippen LogP contribution in [0.4, 0.5) is 0 Å². The van der Waals surface area contributed by atoms with Gasteiger partial charge in [0.2, 0.25) is 0 Å². The zero-order valence-corrected chi connectivity index (χ0v) is 17.7. The third kappa shape index (κ3) is 6.68. The van der Waals surface area contributed by atoms with Crippen LogP contribution in [0.25, 0.3) is 10.8 Å². The molecule has 0 aliphatic heterocycles. The van der Waals surface area contributed by atoms with E-state index in [0.29, 0.717) is 24.6 Å². The third-order valence-corrected chi connectivity index (χ3v) is 5.39. The maximum absolute atomic E-state index is 10.4. The zero-order valence-electron chi connectivity index (χ0n) is 17.7. The Morgan fingerprint density at radius 2 is 1.04 bits per heavy atom. The number of rotatable bonds is 14. The van der Waals surface area contributed by atoms with E-state index in [1.54, 1.807) is 12.1 Å². The van der Waals surface area contributed by atoms with E-state index in [2.05, 4.69) is 24.5 Å². The normalized spacial score (nSPS) is 11.4. The van der Waals surface area contributed by atoms with Gasteiger partial charge in [0.15, 0.2) is 0 Å². The fraction of sp³-hybridized carbons (Fsp3) is 0.583. The van der Waals surface area contributed by atoms with Gasteiger partial charge in [0.25, 0.3) is 0 Å². The van der Waals surface area contributed by atoms with Gasteiger partial charge in [-0.3, -0.25) is 0 Å². The summed E-state index contributed by atoms with van der Waals surface area (Å²) in [6.07, 6.45) is 9.83. The first kappa shape index (κ1) is 22.5. The van der Waals surface area contributed by atoms with Gasteiger partial charge in [-0.15, -0.1) is 0 Å². The Bertz CT molecular complexity index is 654. The van der Waals surface area contributed by atoms with Crippen molar-refractivity contribution in [2.24, 2.45) is 0 Å². The molecule has 28 heavy (non-hydrogen) atoms. The fourth-order valence-corrected chi connectivity index (χ4v) is 3.66. The average Bonchev–Trinajstić information content (AvgIpc) is 2.70. The second-order valence-electron chi connectivity index (χ2n) is 7.70. The summed E-state index contributed by atoms with van der Waals surface area (Å²) in [4.78, 5) is 0. The van der Waals surface area contributed by atoms with Gasteiger partial charge in [0, 0.05) is 24.2 Å². The van der Waals surface area contributed by atoms with Gasteiger partial charge in [-0.05, 0) is 48.8 Å². The van der Waals surface area contributed by atoms with Crippen molar-refractivity contribution in [1.29, 1.82) is 0 Å². The van der Waals surface area contributed by atoms with Crippen molar-refractivity contribution in [2.75, 3.05) is 13.1 Å². The minimum absolute atomic E-state index is 0.317. The molecule has 0 aromatic heterocycles. The summed E-state index contributed by atoms with van der Waals surface area (Å²) in [6.45, 7) is 7.64. The highest BCUT2D eigenvalue weighted by Gasteiger charge is 2.12. The Morgan fingerprint density at radius 3 is 1.43 bits per heavy atom. The second kappa shape index (κ2) is 12.6. The van der Waals surface area contributed by atoms with Crippen molar-refractivity contribution >= 4 is 10.8 Å². The van der Waals surface area contributed by atoms with Crippen molar-refractivity contribution in [1.82, 2.24) is 10.6 Å². The van der Waals surface area contributed by atoms with Crippen LogP contribution < -0.4 is 10.6 Å². The molecule has 2 aromatic carbocycles. The summed E-state index contributed by atoms with van der Waals surface area (Å²) in [6, 6.07) is 7.34. The van der Waals surface area contributed by atoms with E-state index in [9.17, 15) is 10.2 Å². The SMILES string of the molecule is CCCCCCNCc1c(O)ccc2c(CNCCCCCC)c(O)ccc12. The number of nitrogens with one attached hydrogen (secondary N) is 2. The van der Waals surface area contributed by atoms with E-state index in [-0.39, 0.29) is 0 Å². The van der Waals surface area contributed by atoms with Gasteiger partial charge in [-0.2, -0.15) is 0 Å². The molecule has 0 aliphatic carbocycles. The molecule has 4 N–H and O–H groups in total. The molecule has 2 rings (SSSR count). The maximum atomic E-state index is 10.4. The van der Waals surface area contributed by atoms with Gasteiger partial charge in [-0.1, -0.05) is 64.5 Å². The summed E-state index contributed by atoms with van der Waals surface area (Å²) in [5.74, 6) is 0.635. The maximum Gasteiger partial charge on any atom is 0.120 e. The largest absolute Gasteiger partial charge is 0.508 e. The smallest absolute Gasteiger partial charge is 0.120 e. The number of aromatic hydroxyl groups is 2. The van der Waals surface area contributed by atoms with Crippen LogP contribution in [0.15, 0.2) is 24.3 Å². The number of unbranched alkanes of at least 4 members (excludes halogenated alkanes) is 6. The van der Waals surface area contributed by atoms with Crippen LogP contribution in [-0.2, 0) is 13.1 Å². The first-order valence-corrected chi connectivity index (χ1v) is 11.1. The molecule has 0 saturated carbocycles. The third-order valence-electron chi connectivity index (χ3n) is 5.39. The van der Waals surface area contributed by atoms with Crippen LogP contribution in [0.1, 0.15) is 76.3 Å². The average molecular weight is 387 g/mol. The number of hydrogen-bond acceptors (Lipinski definition) is 4. The van der Waals surface area contributed by atoms with E-state index >= 15 is 0 Å². The molecular weight excluding hydrogens is 348 g/mol. The molecule has 4 heteroatoms. The minimum atomic E-state index is 0.317. The lowest BCUT2D eigenvalue weighted by atomic mass is 9.98.